The number of phenolic OH excluding ortho intramolecular Hbond substituents is 1. The number of carbonyl (C=O) groups is 1. The monoisotopic (exact) mass is 354 g/mol. The van der Waals surface area contributed by atoms with Gasteiger partial charge in [0.2, 0.25) is 0 Å². The molecule has 0 bridgehead atoms. The molecule has 0 aliphatic carbocycles. The van der Waals surface area contributed by atoms with E-state index in [2.05, 4.69) is 15.7 Å². The standard InChI is InChI=1S/C17H15FN6O2/c18-15-6-11(5-12(9-25)16(15)26)13-7-21-24(8-13)14-3-1-10(2-4-14)17(19)22-23-20/h1-9,23,26H,20H2,(H2,19,22). The van der Waals surface area contributed by atoms with Gasteiger partial charge in [-0.2, -0.15) is 5.10 Å². The van der Waals surface area contributed by atoms with E-state index in [0.29, 0.717) is 23.0 Å². The summed E-state index contributed by atoms with van der Waals surface area (Å²) >= 11 is 0. The largest absolute Gasteiger partial charge is 0.504 e. The molecule has 0 spiro atoms. The van der Waals surface area contributed by atoms with Crippen molar-refractivity contribution < 1.29 is 14.3 Å². The van der Waals surface area contributed by atoms with Crippen LogP contribution in [0, 0.1) is 5.82 Å². The van der Waals surface area contributed by atoms with E-state index in [9.17, 15) is 14.3 Å². The first kappa shape index (κ1) is 17.1. The number of hydrogen-bond acceptors (Lipinski definition) is 6. The third-order valence-corrected chi connectivity index (χ3v) is 3.75. The van der Waals surface area contributed by atoms with Gasteiger partial charge in [-0.05, 0) is 42.0 Å². The van der Waals surface area contributed by atoms with Gasteiger partial charge in [0.25, 0.3) is 0 Å². The second kappa shape index (κ2) is 7.03. The van der Waals surface area contributed by atoms with E-state index in [1.165, 1.54) is 12.3 Å². The maximum absolute atomic E-state index is 13.8. The first-order valence-electron chi connectivity index (χ1n) is 7.45. The summed E-state index contributed by atoms with van der Waals surface area (Å²) in [6.07, 6.45) is 3.60. The van der Waals surface area contributed by atoms with Crippen LogP contribution in [0.25, 0.3) is 16.8 Å². The van der Waals surface area contributed by atoms with Crippen LogP contribution in [0.1, 0.15) is 15.9 Å². The van der Waals surface area contributed by atoms with E-state index < -0.39 is 11.6 Å². The molecule has 0 aliphatic rings. The Bertz CT molecular complexity index is 981. The van der Waals surface area contributed by atoms with E-state index in [1.54, 1.807) is 35.1 Å². The average Bonchev–Trinajstić information content (AvgIpc) is 3.14. The summed E-state index contributed by atoms with van der Waals surface area (Å²) in [6.45, 7) is 0. The minimum absolute atomic E-state index is 0.125. The molecule has 9 heteroatoms. The lowest BCUT2D eigenvalue weighted by molar-refractivity contribution is 0.112. The molecule has 0 saturated heterocycles. The zero-order chi connectivity index (χ0) is 18.7. The summed E-state index contributed by atoms with van der Waals surface area (Å²) < 4.78 is 15.3. The smallest absolute Gasteiger partial charge is 0.166 e. The molecule has 0 fully saturated rings. The fourth-order valence-electron chi connectivity index (χ4n) is 2.41. The number of rotatable bonds is 5. The van der Waals surface area contributed by atoms with Crippen molar-refractivity contribution in [2.75, 3.05) is 0 Å². The molecule has 6 N–H and O–H groups in total. The maximum Gasteiger partial charge on any atom is 0.166 e. The average molecular weight is 354 g/mol. The Labute approximate surface area is 147 Å². The molecule has 0 unspecified atom stereocenters. The number of halogens is 1. The van der Waals surface area contributed by atoms with Crippen LogP contribution in [0.3, 0.4) is 0 Å². The predicted molar refractivity (Wildman–Crippen MR) is 94.1 cm³/mol. The highest BCUT2D eigenvalue weighted by molar-refractivity contribution is 5.97. The number of hydrazone groups is 1. The number of benzene rings is 2. The summed E-state index contributed by atoms with van der Waals surface area (Å²) in [5, 5.41) is 17.4. The van der Waals surface area contributed by atoms with Crippen molar-refractivity contribution in [2.24, 2.45) is 16.7 Å². The Balaban J connectivity index is 1.92. The Hall–Kier alpha value is -3.72. The second-order valence-electron chi connectivity index (χ2n) is 5.36. The summed E-state index contributed by atoms with van der Waals surface area (Å²) in [4.78, 5) is 10.9. The van der Waals surface area contributed by atoms with Gasteiger partial charge < -0.3 is 10.8 Å². The molecule has 3 rings (SSSR count). The van der Waals surface area contributed by atoms with Gasteiger partial charge in [-0.1, -0.05) is 0 Å². The van der Waals surface area contributed by atoms with Crippen LogP contribution in [-0.2, 0) is 0 Å². The third kappa shape index (κ3) is 3.23. The molecule has 132 valence electrons. The number of aromatic nitrogens is 2. The molecule has 0 radical (unpaired) electrons. The van der Waals surface area contributed by atoms with E-state index in [0.717, 1.165) is 11.8 Å². The topological polar surface area (TPSA) is 132 Å². The third-order valence-electron chi connectivity index (χ3n) is 3.75. The molecule has 3 aromatic rings. The maximum atomic E-state index is 13.8. The molecule has 26 heavy (non-hydrogen) atoms. The molecule has 2 aromatic carbocycles. The van der Waals surface area contributed by atoms with Gasteiger partial charge in [-0.25, -0.2) is 20.4 Å². The molecular weight excluding hydrogens is 339 g/mol. The second-order valence-corrected chi connectivity index (χ2v) is 5.36. The highest BCUT2D eigenvalue weighted by Crippen LogP contribution is 2.28. The summed E-state index contributed by atoms with van der Waals surface area (Å²) in [5.74, 6) is 3.79. The lowest BCUT2D eigenvalue weighted by Gasteiger charge is -2.05. The van der Waals surface area contributed by atoms with E-state index in [1.807, 2.05) is 0 Å². The normalized spacial score (nSPS) is 11.4. The molecule has 1 aromatic heterocycles. The van der Waals surface area contributed by atoms with Gasteiger partial charge >= 0.3 is 0 Å². The number of hydrazine groups is 1. The first-order valence-corrected chi connectivity index (χ1v) is 7.45. The molecule has 8 nitrogen and oxygen atoms in total. The van der Waals surface area contributed by atoms with Crippen LogP contribution in [-0.4, -0.2) is 27.0 Å². The van der Waals surface area contributed by atoms with Crippen molar-refractivity contribution >= 4 is 12.1 Å². The number of phenols is 1. The highest BCUT2D eigenvalue weighted by Gasteiger charge is 2.12. The lowest BCUT2D eigenvalue weighted by atomic mass is 10.1. The fraction of sp³-hybridized carbons (Fsp3) is 0. The van der Waals surface area contributed by atoms with Gasteiger partial charge in [-0.3, -0.25) is 4.79 Å². The van der Waals surface area contributed by atoms with Gasteiger partial charge in [0.15, 0.2) is 23.7 Å². The van der Waals surface area contributed by atoms with E-state index in [-0.39, 0.29) is 11.4 Å². The minimum Gasteiger partial charge on any atom is -0.504 e. The first-order chi connectivity index (χ1) is 12.5. The van der Waals surface area contributed by atoms with Crippen LogP contribution in [0.5, 0.6) is 5.75 Å². The number of amidine groups is 1. The Morgan fingerprint density at radius 3 is 2.65 bits per heavy atom. The molecule has 0 saturated carbocycles. The van der Waals surface area contributed by atoms with Crippen molar-refractivity contribution in [1.82, 2.24) is 15.3 Å². The molecule has 0 atom stereocenters. The van der Waals surface area contributed by atoms with Gasteiger partial charge in [0.1, 0.15) is 0 Å². The van der Waals surface area contributed by atoms with Crippen molar-refractivity contribution in [3.05, 3.63) is 65.7 Å². The van der Waals surface area contributed by atoms with Gasteiger partial charge in [0.05, 0.1) is 17.4 Å². The van der Waals surface area contributed by atoms with Gasteiger partial charge in [0, 0.05) is 17.3 Å². The highest BCUT2D eigenvalue weighted by atomic mass is 19.1. The van der Waals surface area contributed by atoms with Crippen molar-refractivity contribution in [3.63, 3.8) is 0 Å². The summed E-state index contributed by atoms with van der Waals surface area (Å²) in [7, 11) is 0. The molecule has 0 amide bonds. The van der Waals surface area contributed by atoms with E-state index >= 15 is 0 Å². The number of nitrogens with one attached hydrogen (secondary N) is 1. The quantitative estimate of drug-likeness (QED) is 0.179. The molecule has 1 heterocycles. The van der Waals surface area contributed by atoms with Crippen LogP contribution >= 0.6 is 0 Å². The minimum atomic E-state index is -0.870. The number of aromatic hydroxyl groups is 1. The molecule has 0 aliphatic heterocycles. The SMILES string of the molecule is NN/N=C(\N)c1ccc(-n2cc(-c3cc(F)c(O)c(C=O)c3)cn2)cc1. The van der Waals surface area contributed by atoms with Gasteiger partial charge in [-0.15, -0.1) is 5.10 Å². The summed E-state index contributed by atoms with van der Waals surface area (Å²) in [6, 6.07) is 9.59. The Kier molecular flexibility index (Phi) is 4.63. The van der Waals surface area contributed by atoms with Crippen molar-refractivity contribution in [3.8, 4) is 22.6 Å². The van der Waals surface area contributed by atoms with Crippen LogP contribution < -0.4 is 17.1 Å². The number of hydrogen-bond donors (Lipinski definition) is 4. The number of carbonyl (C=O) groups excluding carboxylic acids is 1. The Morgan fingerprint density at radius 1 is 1.27 bits per heavy atom. The number of aldehydes is 1. The lowest BCUT2D eigenvalue weighted by Crippen LogP contribution is -2.22. The summed E-state index contributed by atoms with van der Waals surface area (Å²) in [5.41, 5.74) is 10.2. The van der Waals surface area contributed by atoms with Crippen LogP contribution in [0.2, 0.25) is 0 Å². The number of nitrogens with two attached hydrogens (primary N) is 2. The van der Waals surface area contributed by atoms with Crippen LogP contribution in [0.15, 0.2) is 53.9 Å². The Morgan fingerprint density at radius 2 is 2.00 bits per heavy atom. The van der Waals surface area contributed by atoms with Crippen molar-refractivity contribution in [1.29, 1.82) is 0 Å². The fourth-order valence-corrected chi connectivity index (χ4v) is 2.41. The number of nitrogens with zero attached hydrogens (tertiary/aromatic N) is 3. The van der Waals surface area contributed by atoms with Crippen molar-refractivity contribution in [2.45, 2.75) is 0 Å². The zero-order valence-electron chi connectivity index (χ0n) is 13.4. The predicted octanol–water partition coefficient (Wildman–Crippen LogP) is 1.28. The molecular formula is C17H15FN6O2. The zero-order valence-corrected chi connectivity index (χ0v) is 13.4. The van der Waals surface area contributed by atoms with Crippen LogP contribution in [0.4, 0.5) is 4.39 Å². The van der Waals surface area contributed by atoms with E-state index in [4.69, 9.17) is 11.6 Å².